The average Bonchev–Trinajstić information content (AvgIpc) is 2.97. The molecular formula is C9H17N3O3. The summed E-state index contributed by atoms with van der Waals surface area (Å²) in [5, 5.41) is 26.5. The fourth-order valence-electron chi connectivity index (χ4n) is 1.27. The molecule has 1 amide bonds. The van der Waals surface area contributed by atoms with Crippen LogP contribution in [0.25, 0.3) is 0 Å². The van der Waals surface area contributed by atoms with E-state index in [0.717, 1.165) is 4.90 Å². The molecule has 0 fully saturated rings. The van der Waals surface area contributed by atoms with E-state index in [9.17, 15) is 15.0 Å². The molecule has 0 spiro atoms. The van der Waals surface area contributed by atoms with Crippen LogP contribution in [-0.2, 0) is 4.79 Å². The predicted octanol–water partition coefficient (Wildman–Crippen LogP) is 0.454. The Balaban J connectivity index is 2.76. The van der Waals surface area contributed by atoms with Gasteiger partial charge in [0, 0.05) is 0 Å². The molecule has 1 rings (SSSR count). The van der Waals surface area contributed by atoms with Crippen molar-refractivity contribution in [3.8, 4) is 0 Å². The molecule has 1 aliphatic rings. The summed E-state index contributed by atoms with van der Waals surface area (Å²) in [6, 6.07) is 0. The van der Waals surface area contributed by atoms with E-state index < -0.39 is 24.0 Å². The first-order valence-corrected chi connectivity index (χ1v) is 5.09. The monoisotopic (exact) mass is 215 g/mol. The third-order valence-electron chi connectivity index (χ3n) is 2.41. The quantitative estimate of drug-likeness (QED) is 0.653. The first kappa shape index (κ1) is 12.1. The lowest BCUT2D eigenvalue weighted by atomic mass is 10.2. The van der Waals surface area contributed by atoms with Crippen molar-refractivity contribution in [1.82, 2.24) is 4.90 Å². The molecule has 2 unspecified atom stereocenters. The molecule has 1 aliphatic heterocycles. The average molecular weight is 215 g/mol. The maximum atomic E-state index is 11.8. The summed E-state index contributed by atoms with van der Waals surface area (Å²) in [7, 11) is 0. The number of hydrogen-bond donors (Lipinski definition) is 2. The highest BCUT2D eigenvalue weighted by Gasteiger charge is 2.48. The first-order valence-electron chi connectivity index (χ1n) is 5.09. The molecule has 15 heavy (non-hydrogen) atoms. The van der Waals surface area contributed by atoms with Crippen LogP contribution in [0.15, 0.2) is 10.2 Å². The van der Waals surface area contributed by atoms with Crippen LogP contribution < -0.4 is 0 Å². The van der Waals surface area contributed by atoms with Gasteiger partial charge in [0.05, 0.1) is 0 Å². The summed E-state index contributed by atoms with van der Waals surface area (Å²) in [6.45, 7) is 5.01. The number of carbonyl (C=O) groups is 1. The van der Waals surface area contributed by atoms with Crippen molar-refractivity contribution in [1.29, 1.82) is 0 Å². The summed E-state index contributed by atoms with van der Waals surface area (Å²) in [5.41, 5.74) is -1.09. The Hall–Kier alpha value is -1.01. The summed E-state index contributed by atoms with van der Waals surface area (Å²) in [5.74, 6) is -0.453. The van der Waals surface area contributed by atoms with Gasteiger partial charge in [0.2, 0.25) is 0 Å². The van der Waals surface area contributed by atoms with E-state index in [1.54, 1.807) is 20.8 Å². The molecule has 0 aromatic carbocycles. The molecule has 86 valence electrons. The van der Waals surface area contributed by atoms with E-state index in [4.69, 9.17) is 0 Å². The maximum Gasteiger partial charge on any atom is 0.280 e. The zero-order valence-corrected chi connectivity index (χ0v) is 9.21. The van der Waals surface area contributed by atoms with Gasteiger partial charge in [-0.25, -0.2) is 0 Å². The third-order valence-corrected chi connectivity index (χ3v) is 2.41. The summed E-state index contributed by atoms with van der Waals surface area (Å²) in [6.07, 6.45) is -1.26. The number of carbonyl (C=O) groups excluding carboxylic acids is 1. The van der Waals surface area contributed by atoms with E-state index in [-0.39, 0.29) is 0 Å². The van der Waals surface area contributed by atoms with E-state index in [2.05, 4.69) is 10.2 Å². The molecule has 0 aromatic rings. The topological polar surface area (TPSA) is 85.5 Å². The maximum absolute atomic E-state index is 11.8. The summed E-state index contributed by atoms with van der Waals surface area (Å²) in [4.78, 5) is 12.9. The Kier molecular flexibility index (Phi) is 3.41. The molecule has 1 heterocycles. The zero-order chi connectivity index (χ0) is 11.6. The van der Waals surface area contributed by atoms with Crippen LogP contribution >= 0.6 is 0 Å². The Morgan fingerprint density at radius 3 is 1.93 bits per heavy atom. The van der Waals surface area contributed by atoms with Crippen molar-refractivity contribution < 1.29 is 15.0 Å². The Labute approximate surface area is 88.6 Å². The number of aliphatic hydroxyl groups excluding tert-OH is 2. The van der Waals surface area contributed by atoms with Crippen LogP contribution in [0.2, 0.25) is 0 Å². The lowest BCUT2D eigenvalue weighted by Gasteiger charge is -2.32. The molecule has 0 saturated heterocycles. The highest BCUT2D eigenvalue weighted by atomic mass is 16.3. The molecule has 0 bridgehead atoms. The minimum Gasteiger partial charge on any atom is -0.373 e. The lowest BCUT2D eigenvalue weighted by molar-refractivity contribution is -0.163. The third kappa shape index (κ3) is 2.32. The van der Waals surface area contributed by atoms with E-state index >= 15 is 0 Å². The van der Waals surface area contributed by atoms with E-state index in [1.807, 2.05) is 0 Å². The Morgan fingerprint density at radius 2 is 1.67 bits per heavy atom. The van der Waals surface area contributed by atoms with Gasteiger partial charge in [-0.1, -0.05) is 13.8 Å². The van der Waals surface area contributed by atoms with Crippen LogP contribution in [-0.4, -0.2) is 39.1 Å². The molecule has 0 aromatic heterocycles. The van der Waals surface area contributed by atoms with Gasteiger partial charge in [-0.3, -0.25) is 9.69 Å². The van der Waals surface area contributed by atoms with Gasteiger partial charge >= 0.3 is 0 Å². The van der Waals surface area contributed by atoms with Crippen molar-refractivity contribution >= 4 is 5.91 Å². The smallest absolute Gasteiger partial charge is 0.280 e. The highest BCUT2D eigenvalue weighted by molar-refractivity contribution is 5.87. The van der Waals surface area contributed by atoms with Crippen LogP contribution in [0.1, 0.15) is 33.6 Å². The minimum atomic E-state index is -1.09. The van der Waals surface area contributed by atoms with Crippen LogP contribution in [0.4, 0.5) is 0 Å². The van der Waals surface area contributed by atoms with Crippen LogP contribution in [0.3, 0.4) is 0 Å². The van der Waals surface area contributed by atoms with Gasteiger partial charge in [-0.2, -0.15) is 0 Å². The summed E-state index contributed by atoms with van der Waals surface area (Å²) < 4.78 is 0. The van der Waals surface area contributed by atoms with E-state index in [1.165, 1.54) is 0 Å². The normalized spacial score (nSPS) is 20.9. The van der Waals surface area contributed by atoms with Gasteiger partial charge in [0.1, 0.15) is 12.5 Å². The number of nitrogens with zero attached hydrogens (tertiary/aromatic N) is 3. The second kappa shape index (κ2) is 4.24. The van der Waals surface area contributed by atoms with Crippen molar-refractivity contribution in [2.75, 3.05) is 0 Å². The molecule has 0 saturated carbocycles. The number of hydrogen-bond acceptors (Lipinski definition) is 5. The van der Waals surface area contributed by atoms with Crippen molar-refractivity contribution in [3.63, 3.8) is 0 Å². The minimum absolute atomic E-state index is 0.360. The molecule has 6 heteroatoms. The number of amides is 1. The van der Waals surface area contributed by atoms with Crippen LogP contribution in [0.5, 0.6) is 0 Å². The van der Waals surface area contributed by atoms with Crippen molar-refractivity contribution in [2.24, 2.45) is 10.2 Å². The fourth-order valence-corrected chi connectivity index (χ4v) is 1.27. The van der Waals surface area contributed by atoms with Crippen LogP contribution in [0, 0.1) is 0 Å². The van der Waals surface area contributed by atoms with Crippen molar-refractivity contribution in [2.45, 2.75) is 51.7 Å². The van der Waals surface area contributed by atoms with Gasteiger partial charge in [0.15, 0.2) is 0 Å². The Morgan fingerprint density at radius 1 is 1.27 bits per heavy atom. The predicted molar refractivity (Wildman–Crippen MR) is 52.7 cm³/mol. The molecule has 0 aliphatic carbocycles. The van der Waals surface area contributed by atoms with E-state index in [0.29, 0.717) is 12.8 Å². The lowest BCUT2D eigenvalue weighted by Crippen LogP contribution is -2.51. The summed E-state index contributed by atoms with van der Waals surface area (Å²) >= 11 is 0. The van der Waals surface area contributed by atoms with Crippen molar-refractivity contribution in [3.05, 3.63) is 0 Å². The molecule has 2 atom stereocenters. The Bertz CT molecular complexity index is 264. The molecule has 6 nitrogen and oxygen atoms in total. The standard InChI is InChI=1S/C9H17N3O3/c1-4-6(13)12(7(14)5-2)8(15)9(3)10-11-9/h6-7,13-14H,4-5H2,1-3H3. The van der Waals surface area contributed by atoms with Gasteiger partial charge < -0.3 is 10.2 Å². The SMILES string of the molecule is CCC(O)N(C(=O)C1(C)N=N1)C(O)CC. The largest absolute Gasteiger partial charge is 0.373 e. The highest BCUT2D eigenvalue weighted by Crippen LogP contribution is 2.31. The van der Waals surface area contributed by atoms with Gasteiger partial charge in [-0.05, 0) is 19.8 Å². The zero-order valence-electron chi connectivity index (χ0n) is 9.21. The molecular weight excluding hydrogens is 198 g/mol. The second-order valence-electron chi connectivity index (χ2n) is 3.71. The fraction of sp³-hybridized carbons (Fsp3) is 0.889. The molecule has 2 N–H and O–H groups in total. The number of aliphatic hydroxyl groups is 2. The second-order valence-corrected chi connectivity index (χ2v) is 3.71. The molecule has 0 radical (unpaired) electrons. The number of rotatable bonds is 5. The van der Waals surface area contributed by atoms with Gasteiger partial charge in [0.25, 0.3) is 11.6 Å². The first-order chi connectivity index (χ1) is 6.96. The van der Waals surface area contributed by atoms with Gasteiger partial charge in [-0.15, -0.1) is 10.2 Å².